The van der Waals surface area contributed by atoms with E-state index in [1.807, 2.05) is 47.5 Å². The highest BCUT2D eigenvalue weighted by molar-refractivity contribution is 7.13. The Morgan fingerprint density at radius 2 is 2.12 bits per heavy atom. The molecule has 1 N–H and O–H groups in total. The number of aromatic amines is 1. The second-order valence-corrected chi connectivity index (χ2v) is 6.70. The summed E-state index contributed by atoms with van der Waals surface area (Å²) in [5.74, 6) is 1.42. The number of rotatable bonds is 3. The van der Waals surface area contributed by atoms with Gasteiger partial charge in [-0.15, -0.1) is 11.3 Å². The van der Waals surface area contributed by atoms with Gasteiger partial charge in [-0.25, -0.2) is 9.97 Å². The van der Waals surface area contributed by atoms with Crippen molar-refractivity contribution in [2.24, 2.45) is 0 Å². The highest BCUT2D eigenvalue weighted by Crippen LogP contribution is 2.32. The van der Waals surface area contributed by atoms with Gasteiger partial charge in [-0.3, -0.25) is 9.89 Å². The predicted molar refractivity (Wildman–Crippen MR) is 91.7 cm³/mol. The van der Waals surface area contributed by atoms with Gasteiger partial charge in [0.15, 0.2) is 5.82 Å². The fourth-order valence-electron chi connectivity index (χ4n) is 3.02. The van der Waals surface area contributed by atoms with Crippen LogP contribution in [0.2, 0.25) is 0 Å². The third-order valence-electron chi connectivity index (χ3n) is 4.17. The molecule has 0 aliphatic carbocycles. The average molecular weight is 339 g/mol. The zero-order chi connectivity index (χ0) is 16.5. The molecule has 1 saturated heterocycles. The van der Waals surface area contributed by atoms with E-state index in [4.69, 9.17) is 0 Å². The lowest BCUT2D eigenvalue weighted by Crippen LogP contribution is -2.31. The minimum atomic E-state index is -0.0654. The first-order valence-corrected chi connectivity index (χ1v) is 8.81. The van der Waals surface area contributed by atoms with Gasteiger partial charge in [0, 0.05) is 17.5 Å². The Morgan fingerprint density at radius 3 is 2.88 bits per heavy atom. The lowest BCUT2D eigenvalue weighted by atomic mass is 10.2. The molecular weight excluding hydrogens is 322 g/mol. The minimum Gasteiger partial charge on any atom is -0.327 e. The number of nitrogens with zero attached hydrogens (tertiary/aromatic N) is 4. The fraction of sp³-hybridized carbons (Fsp3) is 0.294. The third-order valence-corrected chi connectivity index (χ3v) is 5.06. The summed E-state index contributed by atoms with van der Waals surface area (Å²) in [6.45, 7) is 2.58. The molecule has 24 heavy (non-hydrogen) atoms. The van der Waals surface area contributed by atoms with Crippen molar-refractivity contribution in [1.82, 2.24) is 25.1 Å². The van der Waals surface area contributed by atoms with Crippen molar-refractivity contribution in [3.05, 3.63) is 53.1 Å². The number of carbonyl (C=O) groups is 1. The molecule has 1 aliphatic rings. The number of aromatic nitrogens is 4. The number of nitrogens with one attached hydrogen (secondary N) is 1. The van der Waals surface area contributed by atoms with Gasteiger partial charge in [-0.1, -0.05) is 30.3 Å². The number of likely N-dealkylation sites (tertiary alicyclic amines) is 1. The molecule has 0 saturated carbocycles. The van der Waals surface area contributed by atoms with Gasteiger partial charge in [0.25, 0.3) is 5.91 Å². The van der Waals surface area contributed by atoms with Crippen molar-refractivity contribution in [3.8, 4) is 10.6 Å². The molecule has 0 radical (unpaired) electrons. The van der Waals surface area contributed by atoms with E-state index in [1.165, 1.54) is 11.3 Å². The molecule has 1 amide bonds. The van der Waals surface area contributed by atoms with Gasteiger partial charge in [0.2, 0.25) is 0 Å². The monoisotopic (exact) mass is 339 g/mol. The van der Waals surface area contributed by atoms with Crippen LogP contribution in [0.15, 0.2) is 35.7 Å². The zero-order valence-corrected chi connectivity index (χ0v) is 14.1. The molecule has 122 valence electrons. The van der Waals surface area contributed by atoms with Crippen molar-refractivity contribution < 1.29 is 4.79 Å². The summed E-state index contributed by atoms with van der Waals surface area (Å²) < 4.78 is 0. The van der Waals surface area contributed by atoms with E-state index in [0.29, 0.717) is 11.5 Å². The van der Waals surface area contributed by atoms with E-state index >= 15 is 0 Å². The predicted octanol–water partition coefficient (Wildman–Crippen LogP) is 3.21. The van der Waals surface area contributed by atoms with Crippen LogP contribution in [0, 0.1) is 6.92 Å². The maximum absolute atomic E-state index is 12.9. The van der Waals surface area contributed by atoms with Crippen LogP contribution in [-0.2, 0) is 0 Å². The van der Waals surface area contributed by atoms with Crippen molar-refractivity contribution in [2.75, 3.05) is 6.54 Å². The summed E-state index contributed by atoms with van der Waals surface area (Å²) in [5, 5.41) is 9.79. The maximum atomic E-state index is 12.9. The van der Waals surface area contributed by atoms with Crippen molar-refractivity contribution in [1.29, 1.82) is 0 Å². The number of hydrogen-bond acceptors (Lipinski definition) is 5. The van der Waals surface area contributed by atoms with E-state index in [-0.39, 0.29) is 11.9 Å². The van der Waals surface area contributed by atoms with E-state index in [1.54, 1.807) is 0 Å². The molecule has 0 bridgehead atoms. The number of H-pyrrole nitrogens is 1. The molecule has 1 atom stereocenters. The summed E-state index contributed by atoms with van der Waals surface area (Å²) >= 11 is 1.49. The SMILES string of the molecule is Cc1nc([C@@H]2CCCN2C(=O)c2csc(-c3ccccc3)n2)n[nH]1. The van der Waals surface area contributed by atoms with Gasteiger partial charge < -0.3 is 4.90 Å². The molecule has 3 heterocycles. The Bertz CT molecular complexity index is 857. The van der Waals surface area contributed by atoms with Gasteiger partial charge in [0.05, 0.1) is 6.04 Å². The number of thiazole rings is 1. The first-order valence-electron chi connectivity index (χ1n) is 7.93. The van der Waals surface area contributed by atoms with E-state index in [0.717, 1.165) is 35.8 Å². The second-order valence-electron chi connectivity index (χ2n) is 5.84. The highest BCUT2D eigenvalue weighted by Gasteiger charge is 2.34. The normalized spacial score (nSPS) is 17.4. The fourth-order valence-corrected chi connectivity index (χ4v) is 3.82. The van der Waals surface area contributed by atoms with Crippen LogP contribution in [0.4, 0.5) is 0 Å². The van der Waals surface area contributed by atoms with Crippen LogP contribution in [0.3, 0.4) is 0 Å². The molecule has 6 nitrogen and oxygen atoms in total. The van der Waals surface area contributed by atoms with E-state index in [2.05, 4.69) is 20.2 Å². The van der Waals surface area contributed by atoms with Gasteiger partial charge in [-0.05, 0) is 19.8 Å². The van der Waals surface area contributed by atoms with E-state index in [9.17, 15) is 4.79 Å². The molecule has 3 aromatic rings. The second kappa shape index (κ2) is 6.16. The molecule has 0 spiro atoms. The van der Waals surface area contributed by atoms with Crippen LogP contribution >= 0.6 is 11.3 Å². The Balaban J connectivity index is 1.58. The minimum absolute atomic E-state index is 0.0432. The number of carbonyl (C=O) groups excluding carboxylic acids is 1. The van der Waals surface area contributed by atoms with Crippen molar-refractivity contribution in [2.45, 2.75) is 25.8 Å². The standard InChI is InChI=1S/C17H17N5OS/c1-11-18-15(21-20-11)14-8-5-9-22(14)17(23)13-10-24-16(19-13)12-6-3-2-4-7-12/h2-4,6-7,10,14H,5,8-9H2,1H3,(H,18,20,21)/t14-/m0/s1. The van der Waals surface area contributed by atoms with Crippen LogP contribution < -0.4 is 0 Å². The van der Waals surface area contributed by atoms with Crippen molar-refractivity contribution in [3.63, 3.8) is 0 Å². The maximum Gasteiger partial charge on any atom is 0.273 e. The summed E-state index contributed by atoms with van der Waals surface area (Å²) in [6.07, 6.45) is 1.85. The number of amides is 1. The molecular formula is C17H17N5OS. The topological polar surface area (TPSA) is 74.8 Å². The summed E-state index contributed by atoms with van der Waals surface area (Å²) in [6, 6.07) is 9.85. The van der Waals surface area contributed by atoms with Crippen LogP contribution in [0.1, 0.15) is 41.0 Å². The Kier molecular flexibility index (Phi) is 3.86. The lowest BCUT2D eigenvalue weighted by molar-refractivity contribution is 0.0725. The smallest absolute Gasteiger partial charge is 0.273 e. The summed E-state index contributed by atoms with van der Waals surface area (Å²) in [7, 11) is 0. The Labute approximate surface area is 143 Å². The molecule has 0 unspecified atom stereocenters. The van der Waals surface area contributed by atoms with Crippen LogP contribution in [-0.4, -0.2) is 37.5 Å². The van der Waals surface area contributed by atoms with E-state index < -0.39 is 0 Å². The lowest BCUT2D eigenvalue weighted by Gasteiger charge is -2.21. The number of hydrogen-bond donors (Lipinski definition) is 1. The number of aryl methyl sites for hydroxylation is 1. The van der Waals surface area contributed by atoms with Crippen LogP contribution in [0.5, 0.6) is 0 Å². The zero-order valence-electron chi connectivity index (χ0n) is 13.3. The van der Waals surface area contributed by atoms with Crippen molar-refractivity contribution >= 4 is 17.2 Å². The number of benzene rings is 1. The first kappa shape index (κ1) is 15.0. The first-order chi connectivity index (χ1) is 11.7. The summed E-state index contributed by atoms with van der Waals surface area (Å²) in [5.41, 5.74) is 1.53. The molecule has 2 aromatic heterocycles. The molecule has 7 heteroatoms. The highest BCUT2D eigenvalue weighted by atomic mass is 32.1. The van der Waals surface area contributed by atoms with Gasteiger partial charge in [0.1, 0.15) is 16.5 Å². The Hall–Kier alpha value is -2.54. The summed E-state index contributed by atoms with van der Waals surface area (Å²) in [4.78, 5) is 23.7. The largest absolute Gasteiger partial charge is 0.327 e. The van der Waals surface area contributed by atoms with Gasteiger partial charge >= 0.3 is 0 Å². The Morgan fingerprint density at radius 1 is 1.29 bits per heavy atom. The molecule has 1 aliphatic heterocycles. The molecule has 1 fully saturated rings. The average Bonchev–Trinajstić information content (AvgIpc) is 3.35. The quantitative estimate of drug-likeness (QED) is 0.795. The van der Waals surface area contributed by atoms with Gasteiger partial charge in [-0.2, -0.15) is 5.10 Å². The van der Waals surface area contributed by atoms with Crippen LogP contribution in [0.25, 0.3) is 10.6 Å². The molecule has 1 aromatic carbocycles. The third kappa shape index (κ3) is 2.71. The molecule has 4 rings (SSSR count).